The van der Waals surface area contributed by atoms with E-state index in [4.69, 9.17) is 0 Å². The Labute approximate surface area is 168 Å². The van der Waals surface area contributed by atoms with Gasteiger partial charge in [-0.2, -0.15) is 0 Å². The number of aromatic nitrogens is 2. The fraction of sp³-hybridized carbons (Fsp3) is 0.304. The molecule has 3 rings (SSSR count). The Hall–Kier alpha value is -2.39. The summed E-state index contributed by atoms with van der Waals surface area (Å²) in [5, 5.41) is 0. The van der Waals surface area contributed by atoms with Gasteiger partial charge in [0, 0.05) is 16.7 Å². The lowest BCUT2D eigenvalue weighted by Crippen LogP contribution is -3.00. The van der Waals surface area contributed by atoms with E-state index in [1.165, 1.54) is 16.8 Å². The van der Waals surface area contributed by atoms with E-state index < -0.39 is 0 Å². The van der Waals surface area contributed by atoms with Crippen LogP contribution in [0.2, 0.25) is 0 Å². The Morgan fingerprint density at radius 2 is 1.52 bits per heavy atom. The zero-order valence-electron chi connectivity index (χ0n) is 16.4. The topological polar surface area (TPSA) is 25.9 Å². The normalized spacial score (nSPS) is 10.9. The zero-order chi connectivity index (χ0) is 18.7. The number of nitrogens with zero attached hydrogens (tertiary/aromatic N) is 2. The molecule has 0 aliphatic heterocycles. The number of para-hydroxylation sites is 1. The number of Topliss-reactive ketones (excluding diaryl/α,β-unsaturated/α-hetero) is 1. The summed E-state index contributed by atoms with van der Waals surface area (Å²) in [6.07, 6.45) is 6.04. The molecule has 4 heteroatoms. The monoisotopic (exact) mass is 382 g/mol. The quantitative estimate of drug-likeness (QED) is 0.472. The zero-order valence-corrected chi connectivity index (χ0v) is 17.1. The lowest BCUT2D eigenvalue weighted by Gasteiger charge is -2.16. The van der Waals surface area contributed by atoms with Crippen molar-refractivity contribution in [1.82, 2.24) is 4.57 Å². The van der Waals surface area contributed by atoms with Gasteiger partial charge in [-0.15, -0.1) is 0 Å². The largest absolute Gasteiger partial charge is 1.00 e. The van der Waals surface area contributed by atoms with Gasteiger partial charge in [0.15, 0.2) is 6.54 Å². The summed E-state index contributed by atoms with van der Waals surface area (Å²) in [5.41, 5.74) is 4.64. The van der Waals surface area contributed by atoms with Crippen LogP contribution in [0.25, 0.3) is 5.69 Å². The molecular formula is C23H27ClN2O. The van der Waals surface area contributed by atoms with Crippen molar-refractivity contribution in [2.75, 3.05) is 0 Å². The van der Waals surface area contributed by atoms with Crippen molar-refractivity contribution in [3.05, 3.63) is 83.9 Å². The second kappa shape index (κ2) is 9.01. The van der Waals surface area contributed by atoms with Crippen molar-refractivity contribution >= 4 is 5.78 Å². The molecule has 142 valence electrons. The van der Waals surface area contributed by atoms with Crippen molar-refractivity contribution in [1.29, 1.82) is 0 Å². The van der Waals surface area contributed by atoms with E-state index in [0.29, 0.717) is 18.4 Å². The average Bonchev–Trinajstić information content (AvgIpc) is 3.09. The summed E-state index contributed by atoms with van der Waals surface area (Å²) in [6.45, 7) is 9.23. The van der Waals surface area contributed by atoms with Gasteiger partial charge < -0.3 is 12.4 Å². The van der Waals surface area contributed by atoms with E-state index in [0.717, 1.165) is 5.56 Å². The molecule has 0 saturated heterocycles. The third kappa shape index (κ3) is 4.67. The summed E-state index contributed by atoms with van der Waals surface area (Å²) in [6, 6.07) is 16.0. The molecule has 0 bridgehead atoms. The fourth-order valence-corrected chi connectivity index (χ4v) is 3.31. The highest BCUT2D eigenvalue weighted by Crippen LogP contribution is 2.30. The second-order valence-corrected chi connectivity index (χ2v) is 7.38. The lowest BCUT2D eigenvalue weighted by molar-refractivity contribution is -0.682. The van der Waals surface area contributed by atoms with Gasteiger partial charge in [0.2, 0.25) is 12.1 Å². The standard InChI is InChI=1S/C23H27N2O.ClH/c1-17(2)20-11-8-12-21(18(3)4)23(20)25-14-13-24(16-25)15-22(26)19-9-6-5-7-10-19;/h5-14,16-18H,15H2,1-4H3;1H/q+1;/p-1. The molecule has 0 radical (unpaired) electrons. The van der Waals surface area contributed by atoms with E-state index in [2.05, 4.69) is 50.5 Å². The van der Waals surface area contributed by atoms with Gasteiger partial charge in [-0.3, -0.25) is 4.79 Å². The Balaban J connectivity index is 0.00000261. The molecule has 0 unspecified atom stereocenters. The van der Waals surface area contributed by atoms with Gasteiger partial charge in [0.25, 0.3) is 0 Å². The van der Waals surface area contributed by atoms with E-state index in [1.54, 1.807) is 0 Å². The first kappa shape index (κ1) is 20.9. The van der Waals surface area contributed by atoms with Crippen molar-refractivity contribution in [2.24, 2.45) is 0 Å². The van der Waals surface area contributed by atoms with Gasteiger partial charge in [-0.1, -0.05) is 76.2 Å². The number of ketones is 1. The van der Waals surface area contributed by atoms with Crippen molar-refractivity contribution in [3.8, 4) is 5.69 Å². The van der Waals surface area contributed by atoms with Crippen molar-refractivity contribution in [2.45, 2.75) is 46.1 Å². The summed E-state index contributed by atoms with van der Waals surface area (Å²) < 4.78 is 4.11. The number of rotatable bonds is 6. The number of carbonyl (C=O) groups is 1. The van der Waals surface area contributed by atoms with Crippen molar-refractivity contribution < 1.29 is 21.8 Å². The molecule has 0 aliphatic rings. The number of imidazole rings is 1. The SMILES string of the molecule is CC(C)c1cccc(C(C)C)c1-n1cc[n+](CC(=O)c2ccccc2)c1.[Cl-]. The maximum Gasteiger partial charge on any atom is 0.249 e. The summed E-state index contributed by atoms with van der Waals surface area (Å²) >= 11 is 0. The van der Waals surface area contributed by atoms with Crippen molar-refractivity contribution in [3.63, 3.8) is 0 Å². The van der Waals surface area contributed by atoms with Gasteiger partial charge in [0.1, 0.15) is 18.1 Å². The minimum Gasteiger partial charge on any atom is -1.00 e. The smallest absolute Gasteiger partial charge is 0.249 e. The third-order valence-electron chi connectivity index (χ3n) is 4.71. The molecule has 0 amide bonds. The van der Waals surface area contributed by atoms with Crippen LogP contribution in [-0.2, 0) is 6.54 Å². The van der Waals surface area contributed by atoms with Crippen LogP contribution in [0.1, 0.15) is 61.0 Å². The molecule has 3 aromatic rings. The van der Waals surface area contributed by atoms with E-state index in [1.807, 2.05) is 53.6 Å². The van der Waals surface area contributed by atoms with Gasteiger partial charge >= 0.3 is 0 Å². The molecule has 1 heterocycles. The highest BCUT2D eigenvalue weighted by molar-refractivity contribution is 5.94. The van der Waals surface area contributed by atoms with Crippen LogP contribution in [0.15, 0.2) is 67.3 Å². The first-order valence-electron chi connectivity index (χ1n) is 9.26. The Bertz CT molecular complexity index is 872. The molecule has 0 fully saturated rings. The predicted molar refractivity (Wildman–Crippen MR) is 105 cm³/mol. The minimum absolute atomic E-state index is 0. The Morgan fingerprint density at radius 1 is 0.926 bits per heavy atom. The predicted octanol–water partition coefficient (Wildman–Crippen LogP) is 1.90. The summed E-state index contributed by atoms with van der Waals surface area (Å²) in [5.74, 6) is 0.991. The molecule has 0 spiro atoms. The molecular weight excluding hydrogens is 356 g/mol. The van der Waals surface area contributed by atoms with Gasteiger partial charge in [-0.25, -0.2) is 9.13 Å². The highest BCUT2D eigenvalue weighted by Gasteiger charge is 2.20. The summed E-state index contributed by atoms with van der Waals surface area (Å²) in [7, 11) is 0. The Kier molecular flexibility index (Phi) is 6.98. The Morgan fingerprint density at radius 3 is 2.07 bits per heavy atom. The van der Waals surface area contributed by atoms with Gasteiger partial charge in [0.05, 0.1) is 0 Å². The third-order valence-corrected chi connectivity index (χ3v) is 4.71. The van der Waals surface area contributed by atoms with Crippen LogP contribution in [0.5, 0.6) is 0 Å². The van der Waals surface area contributed by atoms with Crippen LogP contribution >= 0.6 is 0 Å². The first-order chi connectivity index (χ1) is 12.5. The van der Waals surface area contributed by atoms with Crippen LogP contribution in [0, 0.1) is 0 Å². The lowest BCUT2D eigenvalue weighted by atomic mass is 9.92. The van der Waals surface area contributed by atoms with E-state index in [9.17, 15) is 4.79 Å². The summed E-state index contributed by atoms with van der Waals surface area (Å²) in [4.78, 5) is 12.5. The molecule has 3 nitrogen and oxygen atoms in total. The minimum atomic E-state index is 0. The van der Waals surface area contributed by atoms with Gasteiger partial charge in [-0.05, 0) is 11.8 Å². The fourth-order valence-electron chi connectivity index (χ4n) is 3.31. The van der Waals surface area contributed by atoms with E-state index >= 15 is 0 Å². The van der Waals surface area contributed by atoms with Crippen LogP contribution in [0.3, 0.4) is 0 Å². The maximum absolute atomic E-state index is 12.5. The molecule has 0 saturated carbocycles. The average molecular weight is 383 g/mol. The number of carbonyl (C=O) groups excluding carboxylic acids is 1. The molecule has 27 heavy (non-hydrogen) atoms. The molecule has 0 atom stereocenters. The highest BCUT2D eigenvalue weighted by atomic mass is 35.5. The molecule has 1 aromatic heterocycles. The van der Waals surface area contributed by atoms with E-state index in [-0.39, 0.29) is 18.2 Å². The molecule has 0 aliphatic carbocycles. The van der Waals surface area contributed by atoms with Crippen LogP contribution < -0.4 is 17.0 Å². The first-order valence-corrected chi connectivity index (χ1v) is 9.26. The van der Waals surface area contributed by atoms with Crippen LogP contribution in [0.4, 0.5) is 0 Å². The molecule has 2 aromatic carbocycles. The molecule has 0 N–H and O–H groups in total. The number of hydrogen-bond acceptors (Lipinski definition) is 1. The van der Waals surface area contributed by atoms with Crippen LogP contribution in [-0.4, -0.2) is 10.4 Å². The number of hydrogen-bond donors (Lipinski definition) is 0. The second-order valence-electron chi connectivity index (χ2n) is 7.38. The number of benzene rings is 2. The number of halogens is 1. The maximum atomic E-state index is 12.5.